The van der Waals surface area contributed by atoms with Crippen LogP contribution in [-0.2, 0) is 49.5 Å². The number of amides is 5. The molecular weight excluding hydrogens is 1180 g/mol. The first-order valence-electron chi connectivity index (χ1n) is 31.5. The van der Waals surface area contributed by atoms with E-state index in [0.29, 0.717) is 165 Å². The fourth-order valence-electron chi connectivity index (χ4n) is 11.1. The number of alkyl halides is 1. The number of hydrazone groups is 1. The number of pyridine rings is 1. The molecule has 1 unspecified atom stereocenters. The Morgan fingerprint density at radius 2 is 1.44 bits per heavy atom. The maximum absolute atomic E-state index is 14.6. The minimum absolute atomic E-state index is 0.0105. The Hall–Kier alpha value is -8.10. The fraction of sp³-hybridized carbons (Fsp3) is 0.603. The molecule has 2 aromatic carbocycles. The van der Waals surface area contributed by atoms with Crippen molar-refractivity contribution >= 4 is 65.6 Å². The van der Waals surface area contributed by atoms with Crippen molar-refractivity contribution in [3.63, 3.8) is 0 Å². The minimum atomic E-state index is -1.67. The topological polar surface area (TPSA) is 325 Å². The summed E-state index contributed by atoms with van der Waals surface area (Å²) in [5.41, 5.74) is 3.34. The number of likely N-dealkylation sites (tertiary alicyclic amines) is 1. The van der Waals surface area contributed by atoms with Crippen molar-refractivity contribution in [2.24, 2.45) is 5.10 Å². The number of nitriles is 1. The lowest BCUT2D eigenvalue weighted by atomic mass is 10.1. The summed E-state index contributed by atoms with van der Waals surface area (Å²) in [5, 5.41) is 42.4. The van der Waals surface area contributed by atoms with Gasteiger partial charge in [-0.15, -0.1) is 0 Å². The van der Waals surface area contributed by atoms with Crippen molar-refractivity contribution in [1.82, 2.24) is 60.7 Å². The predicted molar refractivity (Wildman–Crippen MR) is 335 cm³/mol. The van der Waals surface area contributed by atoms with Gasteiger partial charge in [-0.3, -0.25) is 73.3 Å². The molecule has 91 heavy (non-hydrogen) atoms. The molecule has 5 amide bonds. The minimum Gasteiger partial charge on any atom is -0.508 e. The molecule has 0 aliphatic carbocycles. The van der Waals surface area contributed by atoms with E-state index >= 15 is 0 Å². The van der Waals surface area contributed by atoms with E-state index in [2.05, 4.69) is 36.4 Å². The summed E-state index contributed by atoms with van der Waals surface area (Å²) in [4.78, 5) is 117. The van der Waals surface area contributed by atoms with Crippen LogP contribution < -0.4 is 26.1 Å². The first kappa shape index (κ1) is 72.0. The number of hydrogen-bond acceptors (Lipinski definition) is 21. The third kappa shape index (κ3) is 26.7. The molecular formula is C63H91FN14O13. The van der Waals surface area contributed by atoms with E-state index in [4.69, 9.17) is 14.2 Å². The number of aromatic hydroxyl groups is 1. The number of piperazine rings is 1. The molecule has 3 saturated heterocycles. The van der Waals surface area contributed by atoms with Gasteiger partial charge in [0.05, 0.1) is 49.9 Å². The highest BCUT2D eigenvalue weighted by Crippen LogP contribution is 2.30. The van der Waals surface area contributed by atoms with Crippen LogP contribution in [0.2, 0.25) is 0 Å². The number of carboxylic acid groups (broad SMARTS) is 1. The number of aryl methyl sites for hydroxylation is 1. The van der Waals surface area contributed by atoms with E-state index < -0.39 is 35.7 Å². The Bertz CT molecular complexity index is 2880. The zero-order valence-electron chi connectivity index (χ0n) is 52.4. The number of rotatable bonds is 36. The van der Waals surface area contributed by atoms with Crippen LogP contribution in [0.4, 0.5) is 4.39 Å². The van der Waals surface area contributed by atoms with Crippen LogP contribution in [-0.4, -0.2) is 260 Å². The number of carbonyl (C=O) groups excluding carboxylic acids is 7. The molecule has 4 heterocycles. The van der Waals surface area contributed by atoms with Gasteiger partial charge in [-0.1, -0.05) is 18.6 Å². The van der Waals surface area contributed by atoms with Crippen molar-refractivity contribution in [1.29, 1.82) is 5.26 Å². The summed E-state index contributed by atoms with van der Waals surface area (Å²) in [6.45, 7) is 8.81. The van der Waals surface area contributed by atoms with Crippen molar-refractivity contribution < 1.29 is 67.2 Å². The first-order valence-corrected chi connectivity index (χ1v) is 31.5. The molecule has 3 fully saturated rings. The second-order valence-corrected chi connectivity index (χ2v) is 23.4. The third-order valence-electron chi connectivity index (χ3n) is 16.2. The summed E-state index contributed by atoms with van der Waals surface area (Å²) >= 11 is 0. The molecule has 6 N–H and O–H groups in total. The number of aliphatic carboxylic acids is 1. The van der Waals surface area contributed by atoms with E-state index in [9.17, 15) is 58.2 Å². The van der Waals surface area contributed by atoms with Crippen LogP contribution in [0.25, 0.3) is 10.9 Å². The quantitative estimate of drug-likeness (QED) is 0.0160. The number of hydrogen-bond donors (Lipinski definition) is 6. The number of phenolic OH excluding ortho intramolecular Hbond substituents is 1. The van der Waals surface area contributed by atoms with Crippen molar-refractivity contribution in [3.8, 4) is 17.6 Å². The second kappa shape index (κ2) is 39.2. The number of benzene rings is 2. The molecule has 1 aromatic heterocycles. The zero-order valence-corrected chi connectivity index (χ0v) is 52.4. The van der Waals surface area contributed by atoms with Gasteiger partial charge in [0.2, 0.25) is 23.6 Å². The number of carbonyl (C=O) groups is 8. The Labute approximate surface area is 531 Å². The largest absolute Gasteiger partial charge is 0.508 e. The third-order valence-corrected chi connectivity index (χ3v) is 16.2. The summed E-state index contributed by atoms with van der Waals surface area (Å²) in [7, 11) is 0. The Balaban J connectivity index is 0.904. The Morgan fingerprint density at radius 1 is 0.769 bits per heavy atom. The summed E-state index contributed by atoms with van der Waals surface area (Å²) in [5.74, 6) is -1.51. The maximum Gasteiger partial charge on any atom is 0.317 e. The van der Waals surface area contributed by atoms with Crippen LogP contribution in [0.15, 0.2) is 59.8 Å². The van der Waals surface area contributed by atoms with E-state index in [-0.39, 0.29) is 69.5 Å². The van der Waals surface area contributed by atoms with E-state index in [0.717, 1.165) is 50.9 Å². The average molecular weight is 1270 g/mol. The van der Waals surface area contributed by atoms with Gasteiger partial charge in [-0.25, -0.2) is 4.39 Å². The first-order chi connectivity index (χ1) is 44.0. The molecule has 28 heteroatoms. The molecule has 6 rings (SSSR count). The van der Waals surface area contributed by atoms with Gasteiger partial charge in [0.1, 0.15) is 42.8 Å². The van der Waals surface area contributed by atoms with E-state index in [1.165, 1.54) is 18.0 Å². The normalized spacial score (nSPS) is 18.7. The van der Waals surface area contributed by atoms with Crippen molar-refractivity contribution in [2.75, 3.05) is 138 Å². The molecule has 0 spiro atoms. The molecule has 3 atom stereocenters. The highest BCUT2D eigenvalue weighted by Gasteiger charge is 2.43. The summed E-state index contributed by atoms with van der Waals surface area (Å²) in [6.07, 6.45) is 10.3. The standard InChI is InChI=1S/C63H91FN14O13/c1-63(64)39-50(40-65)78(44-63)60(85)41-68-62(88)53-20-23-66-55-19-18-52(38-54(53)55)91-37-9-24-72-33-35-77(36-34-72)59(84)13-4-2-3-6-22-69-71-56(11-5-7-21-67-57(82)12-8-10-49-14-16-51(81)17-15-49)70-58(83)42-73-25-26-74(43-61(86)87)28-30-76(46-90-48-80)32-31-75(29-27-73)45-89-47-79/h14-20,22-23,38,47-48,50,56,71,81H,2-13,21,24-37,39,41-46H2,1H3,(H,67,82)(H,68,88)(H,70,83)(H,86,87)/b69-22+/t50-,56-,63?/m1/s1. The SMILES string of the molecule is CC1(F)C[C@H](C#N)N(C(=O)CNC(=O)c2ccnc3ccc(OCCCN4CCN(C(=O)CCCCC/C=N/N[C@H](CCCCNC(=O)CCCc5ccc(O)cc5)NC(=O)CN5CCN(COC=O)CCN(COC=O)CCN(CC(=O)O)CC5)CC4)cc23)C1. The van der Waals surface area contributed by atoms with Gasteiger partial charge in [0, 0.05) is 129 Å². The summed E-state index contributed by atoms with van der Waals surface area (Å²) < 4.78 is 30.7. The van der Waals surface area contributed by atoms with E-state index in [1.807, 2.05) is 37.8 Å². The van der Waals surface area contributed by atoms with Crippen LogP contribution in [0.5, 0.6) is 11.5 Å². The average Bonchev–Trinajstić information content (AvgIpc) is 2.65. The van der Waals surface area contributed by atoms with Gasteiger partial charge in [0.15, 0.2) is 0 Å². The molecule has 3 aliphatic rings. The molecule has 3 aromatic rings. The lowest BCUT2D eigenvalue weighted by molar-refractivity contribution is -0.139. The Kier molecular flexibility index (Phi) is 31.0. The molecule has 0 radical (unpaired) electrons. The molecule has 27 nitrogen and oxygen atoms in total. The number of nitrogens with one attached hydrogen (secondary N) is 4. The Morgan fingerprint density at radius 3 is 2.11 bits per heavy atom. The molecule has 498 valence electrons. The highest BCUT2D eigenvalue weighted by atomic mass is 19.1. The number of ether oxygens (including phenoxy) is 3. The van der Waals surface area contributed by atoms with Crippen LogP contribution in [0, 0.1) is 11.3 Å². The lowest BCUT2D eigenvalue weighted by Gasteiger charge is -2.34. The number of nitrogens with zero attached hydrogens (tertiary/aromatic N) is 10. The number of halogens is 1. The van der Waals surface area contributed by atoms with Gasteiger partial charge >= 0.3 is 5.97 Å². The number of fused-ring (bicyclic) bond motifs is 1. The van der Waals surface area contributed by atoms with Gasteiger partial charge in [0.25, 0.3) is 18.9 Å². The fourth-order valence-corrected chi connectivity index (χ4v) is 11.1. The summed E-state index contributed by atoms with van der Waals surface area (Å²) in [6, 6.07) is 14.8. The van der Waals surface area contributed by atoms with Crippen LogP contribution in [0.1, 0.15) is 99.9 Å². The monoisotopic (exact) mass is 1270 g/mol. The lowest BCUT2D eigenvalue weighted by Crippen LogP contribution is -2.51. The predicted octanol–water partition coefficient (Wildman–Crippen LogP) is 2.28. The second-order valence-electron chi connectivity index (χ2n) is 23.4. The number of carboxylic acids is 1. The number of unbranched alkanes of at least 4 members (excludes halogenated alkanes) is 4. The molecule has 0 saturated carbocycles. The van der Waals surface area contributed by atoms with Gasteiger partial charge in [-0.05, 0) is 107 Å². The maximum atomic E-state index is 14.6. The highest BCUT2D eigenvalue weighted by molar-refractivity contribution is 6.07. The van der Waals surface area contributed by atoms with Crippen LogP contribution >= 0.6 is 0 Å². The van der Waals surface area contributed by atoms with Crippen LogP contribution in [0.3, 0.4) is 0 Å². The molecule has 3 aliphatic heterocycles. The van der Waals surface area contributed by atoms with E-state index in [1.54, 1.807) is 47.5 Å². The van der Waals surface area contributed by atoms with Gasteiger partial charge in [-0.2, -0.15) is 10.4 Å². The zero-order chi connectivity index (χ0) is 65.2. The number of phenols is 1. The van der Waals surface area contributed by atoms with Crippen molar-refractivity contribution in [3.05, 3.63) is 65.9 Å². The van der Waals surface area contributed by atoms with Crippen molar-refractivity contribution in [2.45, 2.75) is 108 Å². The van der Waals surface area contributed by atoms with Gasteiger partial charge < -0.3 is 50.2 Å². The number of aromatic nitrogens is 1. The molecule has 0 bridgehead atoms. The smallest absolute Gasteiger partial charge is 0.317 e.